The molecule has 1 saturated heterocycles. The molecule has 0 saturated carbocycles. The first-order chi connectivity index (χ1) is 6.85. The SMILES string of the molecule is CC(C)C[C@H](NC(=O)O)C(=O)[C@@]1(C)CO1. The second-order valence-corrected chi connectivity index (χ2v) is 4.52. The van der Waals surface area contributed by atoms with Crippen LogP contribution in [0.4, 0.5) is 4.79 Å². The Balaban J connectivity index is 2.62. The molecule has 1 fully saturated rings. The Hall–Kier alpha value is -1.10. The molecule has 2 atom stereocenters. The van der Waals surface area contributed by atoms with Crippen molar-refractivity contribution in [2.45, 2.75) is 38.8 Å². The number of carbonyl (C=O) groups excluding carboxylic acids is 1. The van der Waals surface area contributed by atoms with Gasteiger partial charge >= 0.3 is 6.09 Å². The number of hydrogen-bond acceptors (Lipinski definition) is 3. The van der Waals surface area contributed by atoms with Gasteiger partial charge in [0.05, 0.1) is 12.6 Å². The van der Waals surface area contributed by atoms with Gasteiger partial charge in [0.15, 0.2) is 5.78 Å². The van der Waals surface area contributed by atoms with E-state index in [0.29, 0.717) is 13.0 Å². The van der Waals surface area contributed by atoms with Gasteiger partial charge in [-0.2, -0.15) is 0 Å². The van der Waals surface area contributed by atoms with Crippen LogP contribution in [0.5, 0.6) is 0 Å². The molecule has 0 aromatic heterocycles. The largest absolute Gasteiger partial charge is 0.465 e. The lowest BCUT2D eigenvalue weighted by Gasteiger charge is -2.19. The minimum absolute atomic E-state index is 0.168. The second kappa shape index (κ2) is 4.18. The molecule has 1 aliphatic heterocycles. The van der Waals surface area contributed by atoms with Gasteiger partial charge in [0, 0.05) is 0 Å². The zero-order chi connectivity index (χ0) is 11.6. The Bertz CT molecular complexity index is 271. The van der Waals surface area contributed by atoms with Crippen molar-refractivity contribution < 1.29 is 19.4 Å². The lowest BCUT2D eigenvalue weighted by atomic mass is 9.94. The number of Topliss-reactive ketones (excluding diaryl/α,β-unsaturated/α-hetero) is 1. The van der Waals surface area contributed by atoms with Gasteiger partial charge in [0.25, 0.3) is 0 Å². The third-order valence-corrected chi connectivity index (χ3v) is 2.42. The molecule has 1 heterocycles. The summed E-state index contributed by atoms with van der Waals surface area (Å²) in [6.45, 7) is 5.97. The number of nitrogens with one attached hydrogen (secondary N) is 1. The average Bonchev–Trinajstić information content (AvgIpc) is 2.81. The zero-order valence-electron chi connectivity index (χ0n) is 9.24. The summed E-state index contributed by atoms with van der Waals surface area (Å²) in [5.41, 5.74) is -0.762. The molecule has 0 aromatic rings. The Morgan fingerprint density at radius 2 is 2.07 bits per heavy atom. The van der Waals surface area contributed by atoms with Gasteiger partial charge in [-0.05, 0) is 19.3 Å². The third kappa shape index (κ3) is 3.20. The van der Waals surface area contributed by atoms with Crippen molar-refractivity contribution in [3.63, 3.8) is 0 Å². The molecular formula is C10H17NO4. The number of carbonyl (C=O) groups is 2. The molecule has 5 heteroatoms. The normalized spacial score (nSPS) is 26.1. The second-order valence-electron chi connectivity index (χ2n) is 4.52. The first kappa shape index (κ1) is 12.0. The van der Waals surface area contributed by atoms with E-state index < -0.39 is 17.7 Å². The molecule has 0 bridgehead atoms. The van der Waals surface area contributed by atoms with Crippen LogP contribution in [0.25, 0.3) is 0 Å². The molecule has 1 aliphatic rings. The van der Waals surface area contributed by atoms with Crippen LogP contribution < -0.4 is 5.32 Å². The van der Waals surface area contributed by atoms with E-state index in [4.69, 9.17) is 9.84 Å². The zero-order valence-corrected chi connectivity index (χ0v) is 9.24. The highest BCUT2D eigenvalue weighted by molar-refractivity contribution is 5.95. The van der Waals surface area contributed by atoms with Crippen LogP contribution in [0.2, 0.25) is 0 Å². The van der Waals surface area contributed by atoms with Crippen LogP contribution in [0.15, 0.2) is 0 Å². The minimum Gasteiger partial charge on any atom is -0.465 e. The lowest BCUT2D eigenvalue weighted by Crippen LogP contribution is -2.46. The van der Waals surface area contributed by atoms with Gasteiger partial charge in [0.1, 0.15) is 5.60 Å². The Labute approximate surface area is 88.8 Å². The summed E-state index contributed by atoms with van der Waals surface area (Å²) in [5, 5.41) is 10.9. The lowest BCUT2D eigenvalue weighted by molar-refractivity contribution is -0.125. The fourth-order valence-electron chi connectivity index (χ4n) is 1.47. The average molecular weight is 215 g/mol. The van der Waals surface area contributed by atoms with E-state index >= 15 is 0 Å². The summed E-state index contributed by atoms with van der Waals surface area (Å²) in [6.07, 6.45) is -0.664. The summed E-state index contributed by atoms with van der Waals surface area (Å²) in [7, 11) is 0. The molecule has 0 aromatic carbocycles. The van der Waals surface area contributed by atoms with Crippen molar-refractivity contribution in [2.24, 2.45) is 5.92 Å². The number of carboxylic acid groups (broad SMARTS) is 1. The van der Waals surface area contributed by atoms with Gasteiger partial charge < -0.3 is 15.2 Å². The standard InChI is InChI=1S/C10H17NO4/c1-6(2)4-7(11-9(13)14)8(12)10(3)5-15-10/h6-7,11H,4-5H2,1-3H3,(H,13,14)/t7-,10+/m0/s1. The predicted octanol–water partition coefficient (Wildman–Crippen LogP) is 1.03. The van der Waals surface area contributed by atoms with Gasteiger partial charge in [-0.25, -0.2) is 4.79 Å². The highest BCUT2D eigenvalue weighted by atomic mass is 16.6. The Morgan fingerprint density at radius 1 is 1.53 bits per heavy atom. The monoisotopic (exact) mass is 215 g/mol. The van der Waals surface area contributed by atoms with Gasteiger partial charge in [-0.3, -0.25) is 4.79 Å². The predicted molar refractivity (Wildman–Crippen MR) is 53.8 cm³/mol. The van der Waals surface area contributed by atoms with Crippen molar-refractivity contribution in [1.82, 2.24) is 5.32 Å². The van der Waals surface area contributed by atoms with Gasteiger partial charge in [-0.1, -0.05) is 13.8 Å². The van der Waals surface area contributed by atoms with Gasteiger partial charge in [-0.15, -0.1) is 0 Å². The van der Waals surface area contributed by atoms with E-state index in [1.807, 2.05) is 13.8 Å². The fourth-order valence-corrected chi connectivity index (χ4v) is 1.47. The highest BCUT2D eigenvalue weighted by Crippen LogP contribution is 2.29. The molecule has 1 rings (SSSR count). The first-order valence-electron chi connectivity index (χ1n) is 5.03. The molecule has 0 aliphatic carbocycles. The number of ether oxygens (including phenoxy) is 1. The smallest absolute Gasteiger partial charge is 0.405 e. The van der Waals surface area contributed by atoms with Crippen LogP contribution in [0.1, 0.15) is 27.2 Å². The third-order valence-electron chi connectivity index (χ3n) is 2.42. The van der Waals surface area contributed by atoms with Crippen molar-refractivity contribution in [3.05, 3.63) is 0 Å². The number of amides is 1. The van der Waals surface area contributed by atoms with E-state index in [1.165, 1.54) is 0 Å². The molecule has 1 amide bonds. The summed E-state index contributed by atoms with van der Waals surface area (Å²) in [5.74, 6) is 0.0896. The minimum atomic E-state index is -1.17. The van der Waals surface area contributed by atoms with E-state index in [0.717, 1.165) is 0 Å². The molecule has 5 nitrogen and oxygen atoms in total. The molecule has 2 N–H and O–H groups in total. The van der Waals surface area contributed by atoms with Crippen molar-refractivity contribution in [3.8, 4) is 0 Å². The number of hydrogen-bond donors (Lipinski definition) is 2. The van der Waals surface area contributed by atoms with Crippen LogP contribution in [-0.4, -0.2) is 35.2 Å². The maximum Gasteiger partial charge on any atom is 0.405 e. The van der Waals surface area contributed by atoms with Gasteiger partial charge in [0.2, 0.25) is 0 Å². The van der Waals surface area contributed by atoms with E-state index in [1.54, 1.807) is 6.92 Å². The van der Waals surface area contributed by atoms with E-state index in [2.05, 4.69) is 5.32 Å². The summed E-state index contributed by atoms with van der Waals surface area (Å²) < 4.78 is 5.02. The van der Waals surface area contributed by atoms with Crippen LogP contribution in [0.3, 0.4) is 0 Å². The van der Waals surface area contributed by atoms with E-state index in [-0.39, 0.29) is 11.7 Å². The molecule has 0 spiro atoms. The summed E-state index contributed by atoms with van der Waals surface area (Å²) >= 11 is 0. The first-order valence-corrected chi connectivity index (χ1v) is 5.03. The van der Waals surface area contributed by atoms with Crippen LogP contribution in [0, 0.1) is 5.92 Å². The quantitative estimate of drug-likeness (QED) is 0.671. The maximum atomic E-state index is 11.8. The topological polar surface area (TPSA) is 78.9 Å². The fraction of sp³-hybridized carbons (Fsp3) is 0.800. The van der Waals surface area contributed by atoms with Crippen molar-refractivity contribution in [2.75, 3.05) is 6.61 Å². The van der Waals surface area contributed by atoms with E-state index in [9.17, 15) is 9.59 Å². The summed E-state index contributed by atoms with van der Waals surface area (Å²) in [4.78, 5) is 22.4. The highest BCUT2D eigenvalue weighted by Gasteiger charge is 2.50. The van der Waals surface area contributed by atoms with Crippen molar-refractivity contribution >= 4 is 11.9 Å². The summed E-state index contributed by atoms with van der Waals surface area (Å²) in [6, 6.07) is -0.657. The van der Waals surface area contributed by atoms with Crippen LogP contribution >= 0.6 is 0 Å². The Kier molecular flexibility index (Phi) is 3.34. The Morgan fingerprint density at radius 3 is 2.40 bits per heavy atom. The molecule has 86 valence electrons. The number of ketones is 1. The number of rotatable bonds is 5. The molecule has 0 radical (unpaired) electrons. The van der Waals surface area contributed by atoms with Crippen LogP contribution in [-0.2, 0) is 9.53 Å². The molecule has 15 heavy (non-hydrogen) atoms. The van der Waals surface area contributed by atoms with Crippen molar-refractivity contribution in [1.29, 1.82) is 0 Å². The molecular weight excluding hydrogens is 198 g/mol. The molecule has 0 unspecified atom stereocenters. The maximum absolute atomic E-state index is 11.8. The number of epoxide rings is 1.